The predicted molar refractivity (Wildman–Crippen MR) is 98.6 cm³/mol. The van der Waals surface area contributed by atoms with E-state index in [4.69, 9.17) is 0 Å². The molecule has 1 saturated heterocycles. The van der Waals surface area contributed by atoms with E-state index < -0.39 is 11.5 Å². The summed E-state index contributed by atoms with van der Waals surface area (Å²) in [6.45, 7) is 3.87. The molecule has 1 aliphatic heterocycles. The van der Waals surface area contributed by atoms with Gasteiger partial charge in [-0.25, -0.2) is 9.97 Å². The third-order valence-electron chi connectivity index (χ3n) is 4.70. The molecule has 3 heterocycles. The topological polar surface area (TPSA) is 112 Å². The number of anilines is 2. The third kappa shape index (κ3) is 2.97. The van der Waals surface area contributed by atoms with Gasteiger partial charge in [-0.2, -0.15) is 4.52 Å². The molecule has 1 fully saturated rings. The van der Waals surface area contributed by atoms with Crippen molar-refractivity contribution in [3.05, 3.63) is 52.2 Å². The van der Waals surface area contributed by atoms with Crippen LogP contribution >= 0.6 is 0 Å². The fourth-order valence-corrected chi connectivity index (χ4v) is 3.19. The average molecular weight is 366 g/mol. The van der Waals surface area contributed by atoms with E-state index in [1.165, 1.54) is 6.33 Å². The van der Waals surface area contributed by atoms with Gasteiger partial charge in [0, 0.05) is 18.7 Å². The molecule has 0 spiro atoms. The van der Waals surface area contributed by atoms with Gasteiger partial charge in [0.15, 0.2) is 0 Å². The van der Waals surface area contributed by atoms with Crippen molar-refractivity contribution in [3.63, 3.8) is 0 Å². The van der Waals surface area contributed by atoms with Crippen LogP contribution in [0.1, 0.15) is 17.7 Å². The molecule has 2 N–H and O–H groups in total. The highest BCUT2D eigenvalue weighted by atomic mass is 16.2. The van der Waals surface area contributed by atoms with E-state index in [0.717, 1.165) is 15.8 Å². The maximum Gasteiger partial charge on any atom is 0.298 e. The largest absolute Gasteiger partial charge is 0.320 e. The molecule has 0 bridgehead atoms. The van der Waals surface area contributed by atoms with E-state index >= 15 is 0 Å². The van der Waals surface area contributed by atoms with E-state index in [1.807, 2.05) is 31.2 Å². The molecule has 2 amide bonds. The van der Waals surface area contributed by atoms with Gasteiger partial charge in [-0.1, -0.05) is 17.7 Å². The zero-order valence-electron chi connectivity index (χ0n) is 14.9. The Balaban J connectivity index is 1.55. The summed E-state index contributed by atoms with van der Waals surface area (Å²) in [6.07, 6.45) is 1.45. The second-order valence-corrected chi connectivity index (χ2v) is 6.63. The van der Waals surface area contributed by atoms with Crippen LogP contribution in [0.25, 0.3) is 5.78 Å². The van der Waals surface area contributed by atoms with Crippen molar-refractivity contribution in [2.75, 3.05) is 16.8 Å². The quantitative estimate of drug-likeness (QED) is 0.719. The molecule has 138 valence electrons. The van der Waals surface area contributed by atoms with Crippen LogP contribution in [0, 0.1) is 19.8 Å². The Bertz CT molecular complexity index is 1100. The fourth-order valence-electron chi connectivity index (χ4n) is 3.19. The second kappa shape index (κ2) is 6.35. The minimum absolute atomic E-state index is 0.0861. The number of nitrogens with zero attached hydrogens (tertiary/aromatic N) is 4. The third-order valence-corrected chi connectivity index (χ3v) is 4.70. The molecule has 0 aliphatic carbocycles. The summed E-state index contributed by atoms with van der Waals surface area (Å²) in [6, 6.07) is 7.57. The van der Waals surface area contributed by atoms with Gasteiger partial charge in [0.25, 0.3) is 11.3 Å². The van der Waals surface area contributed by atoms with E-state index in [9.17, 15) is 14.4 Å². The number of fused-ring (bicyclic) bond motifs is 1. The number of aromatic nitrogens is 4. The molecule has 2 aromatic heterocycles. The molecule has 1 aliphatic rings. The van der Waals surface area contributed by atoms with E-state index in [2.05, 4.69) is 20.4 Å². The van der Waals surface area contributed by atoms with Gasteiger partial charge in [0.05, 0.1) is 11.6 Å². The molecule has 1 atom stereocenters. The van der Waals surface area contributed by atoms with Crippen LogP contribution in [0.5, 0.6) is 0 Å². The summed E-state index contributed by atoms with van der Waals surface area (Å²) < 4.78 is 1.15. The number of carbonyl (C=O) groups excluding carboxylic acids is 2. The highest BCUT2D eigenvalue weighted by molar-refractivity contribution is 6.03. The molecule has 0 radical (unpaired) electrons. The maximum atomic E-state index is 12.7. The molecule has 3 aromatic rings. The molecular formula is C18H18N6O3. The molecule has 1 aromatic carbocycles. The van der Waals surface area contributed by atoms with Crippen molar-refractivity contribution < 1.29 is 9.59 Å². The summed E-state index contributed by atoms with van der Waals surface area (Å²) in [4.78, 5) is 47.3. The molecule has 0 saturated carbocycles. The first kappa shape index (κ1) is 17.0. The molecular weight excluding hydrogens is 348 g/mol. The SMILES string of the molecule is Cc1ccc(N2CC(C(=O)Nc3c(C)nc4nc[nH]n4c3=O)CC2=O)cc1. The smallest absolute Gasteiger partial charge is 0.298 e. The number of hydrogen-bond donors (Lipinski definition) is 2. The number of benzene rings is 1. The van der Waals surface area contributed by atoms with Gasteiger partial charge in [0.2, 0.25) is 11.8 Å². The molecule has 1 unspecified atom stereocenters. The average Bonchev–Trinajstić information content (AvgIpc) is 3.26. The van der Waals surface area contributed by atoms with Gasteiger partial charge in [0.1, 0.15) is 12.0 Å². The Hall–Kier alpha value is -3.49. The Morgan fingerprint density at radius 1 is 1.22 bits per heavy atom. The van der Waals surface area contributed by atoms with Crippen molar-refractivity contribution in [1.82, 2.24) is 19.6 Å². The zero-order chi connectivity index (χ0) is 19.1. The lowest BCUT2D eigenvalue weighted by atomic mass is 10.1. The van der Waals surface area contributed by atoms with Gasteiger partial charge >= 0.3 is 0 Å². The highest BCUT2D eigenvalue weighted by Gasteiger charge is 2.35. The van der Waals surface area contributed by atoms with Crippen LogP contribution in [0.4, 0.5) is 11.4 Å². The normalized spacial score (nSPS) is 16.9. The van der Waals surface area contributed by atoms with Crippen LogP contribution in [-0.2, 0) is 9.59 Å². The second-order valence-electron chi connectivity index (χ2n) is 6.63. The predicted octanol–water partition coefficient (Wildman–Crippen LogP) is 1.03. The number of aromatic amines is 1. The summed E-state index contributed by atoms with van der Waals surface area (Å²) in [7, 11) is 0. The van der Waals surface area contributed by atoms with Gasteiger partial charge in [-0.15, -0.1) is 0 Å². The van der Waals surface area contributed by atoms with E-state index in [1.54, 1.807) is 11.8 Å². The van der Waals surface area contributed by atoms with Crippen LogP contribution in [0.2, 0.25) is 0 Å². The summed E-state index contributed by atoms with van der Waals surface area (Å²) in [5.74, 6) is -0.800. The lowest BCUT2D eigenvalue weighted by molar-refractivity contribution is -0.122. The molecule has 9 heteroatoms. The lowest BCUT2D eigenvalue weighted by Crippen LogP contribution is -2.31. The Labute approximate surface area is 154 Å². The first-order valence-corrected chi connectivity index (χ1v) is 8.54. The number of hydrogen-bond acceptors (Lipinski definition) is 5. The molecule has 4 rings (SSSR count). The Morgan fingerprint density at radius 3 is 2.70 bits per heavy atom. The van der Waals surface area contributed by atoms with Crippen LogP contribution < -0.4 is 15.8 Å². The van der Waals surface area contributed by atoms with Crippen molar-refractivity contribution in [1.29, 1.82) is 0 Å². The maximum absolute atomic E-state index is 12.7. The van der Waals surface area contributed by atoms with Crippen molar-refractivity contribution in [2.24, 2.45) is 5.92 Å². The minimum atomic E-state index is -0.542. The number of aryl methyl sites for hydroxylation is 2. The van der Waals surface area contributed by atoms with Crippen LogP contribution in [0.3, 0.4) is 0 Å². The fraction of sp³-hybridized carbons (Fsp3) is 0.278. The van der Waals surface area contributed by atoms with E-state index in [-0.39, 0.29) is 36.2 Å². The minimum Gasteiger partial charge on any atom is -0.320 e. The Kier molecular flexibility index (Phi) is 3.98. The zero-order valence-corrected chi connectivity index (χ0v) is 14.9. The number of rotatable bonds is 3. The van der Waals surface area contributed by atoms with Crippen molar-refractivity contribution >= 4 is 29.0 Å². The first-order chi connectivity index (χ1) is 12.9. The summed E-state index contributed by atoms with van der Waals surface area (Å²) >= 11 is 0. The molecule has 27 heavy (non-hydrogen) atoms. The first-order valence-electron chi connectivity index (χ1n) is 8.54. The molecule has 9 nitrogen and oxygen atoms in total. The van der Waals surface area contributed by atoms with Crippen LogP contribution in [-0.4, -0.2) is 37.9 Å². The number of amides is 2. The number of nitrogens with one attached hydrogen (secondary N) is 2. The van der Waals surface area contributed by atoms with Gasteiger partial charge in [-0.05, 0) is 26.0 Å². The van der Waals surface area contributed by atoms with Crippen molar-refractivity contribution in [3.8, 4) is 0 Å². The standard InChI is InChI=1S/C18H18N6O3/c1-10-3-5-13(6-4-10)23-8-12(7-14(23)25)16(26)22-15-11(2)21-18-19-9-20-24(18)17(15)27/h3-6,9,12H,7-8H2,1-2H3,(H,22,26)(H,19,20,21). The van der Waals surface area contributed by atoms with Gasteiger partial charge in [-0.3, -0.25) is 19.5 Å². The Morgan fingerprint density at radius 2 is 1.96 bits per heavy atom. The monoisotopic (exact) mass is 366 g/mol. The van der Waals surface area contributed by atoms with E-state index in [0.29, 0.717) is 5.69 Å². The number of carbonyl (C=O) groups is 2. The summed E-state index contributed by atoms with van der Waals surface area (Å²) in [5, 5.41) is 5.30. The van der Waals surface area contributed by atoms with Crippen LogP contribution in [0.15, 0.2) is 35.4 Å². The van der Waals surface area contributed by atoms with Gasteiger partial charge < -0.3 is 10.2 Å². The van der Waals surface area contributed by atoms with Crippen molar-refractivity contribution in [2.45, 2.75) is 20.3 Å². The summed E-state index contributed by atoms with van der Waals surface area (Å²) in [5.41, 5.74) is 1.88. The highest BCUT2D eigenvalue weighted by Crippen LogP contribution is 2.26. The lowest BCUT2D eigenvalue weighted by Gasteiger charge is -2.17. The number of H-pyrrole nitrogens is 1.